The zero-order valence-electron chi connectivity index (χ0n) is 31.8. The first-order chi connectivity index (χ1) is 23.7. The second kappa shape index (κ2) is 12.7. The maximum absolute atomic E-state index is 14.4. The summed E-state index contributed by atoms with van der Waals surface area (Å²) < 4.78 is 23.6. The van der Waals surface area contributed by atoms with Crippen molar-refractivity contribution in [3.8, 4) is 0 Å². The van der Waals surface area contributed by atoms with Gasteiger partial charge in [0.25, 0.3) is 0 Å². The molecule has 0 amide bonds. The van der Waals surface area contributed by atoms with Crippen molar-refractivity contribution in [1.82, 2.24) is 0 Å². The van der Waals surface area contributed by atoms with Crippen molar-refractivity contribution in [2.45, 2.75) is 174 Å². The summed E-state index contributed by atoms with van der Waals surface area (Å²) in [6.07, 6.45) is -0.670. The van der Waals surface area contributed by atoms with Gasteiger partial charge in [-0.2, -0.15) is 0 Å². The molecule has 2 heterocycles. The van der Waals surface area contributed by atoms with Crippen LogP contribution in [0.3, 0.4) is 0 Å². The number of carbonyl (C=O) groups is 1. The van der Waals surface area contributed by atoms with Crippen LogP contribution in [-0.4, -0.2) is 105 Å². The number of aliphatic hydroxyl groups excluding tert-OH is 6. The third kappa shape index (κ3) is 5.64. The molecule has 0 radical (unpaired) electrons. The summed E-state index contributed by atoms with van der Waals surface area (Å²) in [5.41, 5.74) is 1.62. The second-order valence-corrected chi connectivity index (χ2v) is 19.7. The number of hydrogen-bond acceptors (Lipinski definition) is 11. The van der Waals surface area contributed by atoms with Gasteiger partial charge in [0, 0.05) is 0 Å². The molecule has 11 nitrogen and oxygen atoms in total. The summed E-state index contributed by atoms with van der Waals surface area (Å²) in [7, 11) is 0. The first kappa shape index (κ1) is 38.1. The lowest BCUT2D eigenvalue weighted by Gasteiger charge is -2.71. The SMILES string of the molecule is CC1(C)CC[C@]2(C(=O)O[C@@H]3OC[C@@H](O)[C@H](O)[C@H]3O)CC[C@]3(C)C(=C2C1)CC[C@@H]1[C@@]2(C)CC[C@H](O[C@@H]4OC[C@H](O)[C@H](O)[C@H]4O)C(C)(C)[C@@H]2CC[C@]13C. The van der Waals surface area contributed by atoms with Crippen LogP contribution in [0.25, 0.3) is 0 Å². The number of fused-ring (bicyclic) bond motifs is 6. The number of hydrogen-bond donors (Lipinski definition) is 6. The Balaban J connectivity index is 1.17. The lowest BCUT2D eigenvalue weighted by atomic mass is 9.34. The number of aliphatic hydroxyl groups is 6. The molecule has 6 fully saturated rings. The zero-order valence-corrected chi connectivity index (χ0v) is 31.8. The summed E-state index contributed by atoms with van der Waals surface area (Å²) in [6, 6.07) is 0. The molecule has 0 bridgehead atoms. The zero-order chi connectivity index (χ0) is 37.1. The van der Waals surface area contributed by atoms with Gasteiger partial charge in [-0.1, -0.05) is 59.6 Å². The van der Waals surface area contributed by atoms with E-state index in [1.807, 2.05) is 0 Å². The van der Waals surface area contributed by atoms with Gasteiger partial charge in [-0.15, -0.1) is 0 Å². The predicted molar refractivity (Wildman–Crippen MR) is 186 cm³/mol. The van der Waals surface area contributed by atoms with E-state index in [0.717, 1.165) is 57.8 Å². The summed E-state index contributed by atoms with van der Waals surface area (Å²) in [6.45, 7) is 16.4. The summed E-state index contributed by atoms with van der Waals surface area (Å²) in [5.74, 6) is 0.451. The number of rotatable bonds is 4. The van der Waals surface area contributed by atoms with E-state index in [1.165, 1.54) is 11.1 Å². The van der Waals surface area contributed by atoms with Gasteiger partial charge in [-0.25, -0.2) is 0 Å². The lowest BCUT2D eigenvalue weighted by Crippen LogP contribution is -2.65. The van der Waals surface area contributed by atoms with Crippen molar-refractivity contribution in [3.05, 3.63) is 11.1 Å². The van der Waals surface area contributed by atoms with E-state index in [0.29, 0.717) is 24.7 Å². The van der Waals surface area contributed by atoms with Crippen LogP contribution in [0.5, 0.6) is 0 Å². The maximum atomic E-state index is 14.4. The molecule has 2 aliphatic heterocycles. The fourth-order valence-corrected chi connectivity index (χ4v) is 13.0. The minimum absolute atomic E-state index is 0.00606. The van der Waals surface area contributed by atoms with Gasteiger partial charge in [0.1, 0.15) is 36.6 Å². The van der Waals surface area contributed by atoms with Crippen LogP contribution in [0.4, 0.5) is 0 Å². The van der Waals surface area contributed by atoms with Crippen molar-refractivity contribution in [1.29, 1.82) is 0 Å². The minimum atomic E-state index is -1.52. The van der Waals surface area contributed by atoms with E-state index in [2.05, 4.69) is 48.5 Å². The van der Waals surface area contributed by atoms with Gasteiger partial charge < -0.3 is 49.6 Å². The normalized spacial score (nSPS) is 52.1. The van der Waals surface area contributed by atoms with Crippen LogP contribution < -0.4 is 0 Å². The molecule has 5 aliphatic carbocycles. The molecule has 2 saturated heterocycles. The molecule has 7 aliphatic rings. The van der Waals surface area contributed by atoms with Gasteiger partial charge >= 0.3 is 5.97 Å². The molecule has 0 unspecified atom stereocenters. The Labute approximate surface area is 303 Å². The Hall–Kier alpha value is -1.15. The van der Waals surface area contributed by atoms with Gasteiger partial charge in [0.15, 0.2) is 6.29 Å². The standard InChI is InChI=1S/C40H64O11/c1-35(2)14-16-40(34(47)51-33-31(46)29(44)24(42)20-49-33)17-15-38(6)21(22(40)18-35)8-9-26-37(5)12-11-27(36(3,4)25(37)10-13-39(26,38)7)50-32-30(45)28(43)23(41)19-48-32/h23-33,41-46H,8-20H2,1-7H3/t23-,24+,25-,26+,27-,28-,29-,30+,31+,32-,33-,37-,38+,39+,40-/m0/s1. The van der Waals surface area contributed by atoms with Crippen LogP contribution >= 0.6 is 0 Å². The molecule has 11 heteroatoms. The van der Waals surface area contributed by atoms with Crippen LogP contribution in [0.1, 0.15) is 119 Å². The smallest absolute Gasteiger partial charge is 0.318 e. The highest BCUT2D eigenvalue weighted by atomic mass is 16.7. The fraction of sp³-hybridized carbons (Fsp3) is 0.925. The van der Waals surface area contributed by atoms with E-state index in [-0.39, 0.29) is 52.4 Å². The first-order valence-electron chi connectivity index (χ1n) is 19.6. The van der Waals surface area contributed by atoms with Crippen LogP contribution in [0.2, 0.25) is 0 Å². The van der Waals surface area contributed by atoms with E-state index in [1.54, 1.807) is 0 Å². The predicted octanol–water partition coefficient (Wildman–Crippen LogP) is 3.74. The van der Waals surface area contributed by atoms with Gasteiger partial charge in [-0.05, 0) is 110 Å². The fourth-order valence-electron chi connectivity index (χ4n) is 13.0. The molecule has 51 heavy (non-hydrogen) atoms. The third-order valence-corrected chi connectivity index (χ3v) is 16.3. The molecule has 0 aromatic carbocycles. The van der Waals surface area contributed by atoms with E-state index in [4.69, 9.17) is 18.9 Å². The molecule has 0 spiro atoms. The highest BCUT2D eigenvalue weighted by molar-refractivity contribution is 5.82. The molecule has 6 N–H and O–H groups in total. The van der Waals surface area contributed by atoms with Gasteiger partial charge in [-0.3, -0.25) is 4.79 Å². The van der Waals surface area contributed by atoms with E-state index in [9.17, 15) is 35.4 Å². The Bertz CT molecular complexity index is 1400. The van der Waals surface area contributed by atoms with Gasteiger partial charge in [0.2, 0.25) is 6.29 Å². The van der Waals surface area contributed by atoms with Crippen molar-refractivity contribution in [2.24, 2.45) is 44.3 Å². The van der Waals surface area contributed by atoms with E-state index < -0.39 is 54.6 Å². The number of ether oxygens (including phenoxy) is 4. The van der Waals surface area contributed by atoms with Crippen molar-refractivity contribution in [2.75, 3.05) is 13.2 Å². The topological polar surface area (TPSA) is 175 Å². The Morgan fingerprint density at radius 1 is 0.667 bits per heavy atom. The van der Waals surface area contributed by atoms with Crippen LogP contribution in [-0.2, 0) is 23.7 Å². The Morgan fingerprint density at radius 3 is 1.94 bits per heavy atom. The average molecular weight is 721 g/mol. The number of allylic oxidation sites excluding steroid dienone is 1. The molecule has 290 valence electrons. The summed E-state index contributed by atoms with van der Waals surface area (Å²) in [5, 5.41) is 61.9. The quantitative estimate of drug-likeness (QED) is 0.142. The van der Waals surface area contributed by atoms with Crippen molar-refractivity contribution < 1.29 is 54.4 Å². The summed E-state index contributed by atoms with van der Waals surface area (Å²) >= 11 is 0. The Kier molecular flexibility index (Phi) is 9.50. The average Bonchev–Trinajstić information content (AvgIpc) is 3.06. The van der Waals surface area contributed by atoms with E-state index >= 15 is 0 Å². The highest BCUT2D eigenvalue weighted by Crippen LogP contribution is 2.76. The van der Waals surface area contributed by atoms with Crippen molar-refractivity contribution in [3.63, 3.8) is 0 Å². The monoisotopic (exact) mass is 720 g/mol. The molecular formula is C40H64O11. The number of carbonyl (C=O) groups excluding carboxylic acids is 1. The third-order valence-electron chi connectivity index (χ3n) is 16.3. The number of esters is 1. The molecule has 0 aromatic heterocycles. The van der Waals surface area contributed by atoms with Crippen molar-refractivity contribution >= 4 is 5.97 Å². The first-order valence-corrected chi connectivity index (χ1v) is 19.6. The molecule has 15 atom stereocenters. The maximum Gasteiger partial charge on any atom is 0.318 e. The second-order valence-electron chi connectivity index (χ2n) is 19.7. The largest absolute Gasteiger partial charge is 0.432 e. The van der Waals surface area contributed by atoms with Gasteiger partial charge in [0.05, 0.1) is 24.7 Å². The van der Waals surface area contributed by atoms with Crippen LogP contribution in [0.15, 0.2) is 11.1 Å². The summed E-state index contributed by atoms with van der Waals surface area (Å²) in [4.78, 5) is 14.4. The minimum Gasteiger partial charge on any atom is -0.432 e. The molecule has 0 aromatic rings. The molecule has 7 rings (SSSR count). The lowest BCUT2D eigenvalue weighted by molar-refractivity contribution is -0.308. The Morgan fingerprint density at radius 2 is 1.27 bits per heavy atom. The van der Waals surface area contributed by atoms with Crippen LogP contribution in [0, 0.1) is 44.3 Å². The molecule has 4 saturated carbocycles. The highest BCUT2D eigenvalue weighted by Gasteiger charge is 2.69. The molecular weight excluding hydrogens is 656 g/mol.